The lowest BCUT2D eigenvalue weighted by Gasteiger charge is -1.68. The normalized spacial score (nSPS) is 6.25. The minimum Gasteiger partial charge on any atom is -0.198 e. The summed E-state index contributed by atoms with van der Waals surface area (Å²) >= 11 is 0. The third-order valence-electron chi connectivity index (χ3n) is 0.658. The number of rotatable bonds is 1. The summed E-state index contributed by atoms with van der Waals surface area (Å²) in [6, 6.07) is 1.93. The SMILES string of the molecule is CCC#N.CCCC. The van der Waals surface area contributed by atoms with Crippen LogP contribution in [0.25, 0.3) is 0 Å². The number of hydrogen-bond acceptors (Lipinski definition) is 1. The van der Waals surface area contributed by atoms with Crippen LogP contribution in [0.4, 0.5) is 0 Å². The van der Waals surface area contributed by atoms with Gasteiger partial charge in [-0.3, -0.25) is 0 Å². The first-order valence-electron chi connectivity index (χ1n) is 3.20. The Morgan fingerprint density at radius 3 is 1.38 bits per heavy atom. The first kappa shape index (κ1) is 10.5. The molecule has 0 N–H and O–H groups in total. The minimum atomic E-state index is 0.625. The molecule has 0 radical (unpaired) electrons. The van der Waals surface area contributed by atoms with E-state index in [1.165, 1.54) is 12.8 Å². The zero-order valence-electron chi connectivity index (χ0n) is 6.07. The fraction of sp³-hybridized carbons (Fsp3) is 0.857. The van der Waals surface area contributed by atoms with Crippen molar-refractivity contribution in [3.8, 4) is 6.07 Å². The predicted molar refractivity (Wildman–Crippen MR) is 36.5 cm³/mol. The monoisotopic (exact) mass is 113 g/mol. The van der Waals surface area contributed by atoms with Gasteiger partial charge < -0.3 is 0 Å². The Labute approximate surface area is 52.3 Å². The van der Waals surface area contributed by atoms with E-state index in [-0.39, 0.29) is 0 Å². The van der Waals surface area contributed by atoms with Gasteiger partial charge in [0, 0.05) is 6.42 Å². The molecule has 1 nitrogen and oxygen atoms in total. The van der Waals surface area contributed by atoms with Crippen molar-refractivity contribution in [1.29, 1.82) is 5.26 Å². The molecule has 0 bridgehead atoms. The van der Waals surface area contributed by atoms with Crippen molar-refractivity contribution in [3.63, 3.8) is 0 Å². The number of hydrogen-bond donors (Lipinski definition) is 0. The molecule has 0 spiro atoms. The van der Waals surface area contributed by atoms with Crippen LogP contribution in [0.1, 0.15) is 40.0 Å². The van der Waals surface area contributed by atoms with Gasteiger partial charge in [-0.1, -0.05) is 33.6 Å². The van der Waals surface area contributed by atoms with Crippen LogP contribution in [-0.4, -0.2) is 0 Å². The lowest BCUT2D eigenvalue weighted by molar-refractivity contribution is 0.886. The molecule has 0 amide bonds. The van der Waals surface area contributed by atoms with Crippen LogP contribution in [0.15, 0.2) is 0 Å². The van der Waals surface area contributed by atoms with E-state index in [1.807, 2.05) is 13.0 Å². The third-order valence-corrected chi connectivity index (χ3v) is 0.658. The third kappa shape index (κ3) is 49.9. The molecule has 0 aliphatic heterocycles. The van der Waals surface area contributed by atoms with E-state index in [2.05, 4.69) is 13.8 Å². The topological polar surface area (TPSA) is 23.8 Å². The van der Waals surface area contributed by atoms with Gasteiger partial charge in [0.25, 0.3) is 0 Å². The zero-order chi connectivity index (χ0) is 6.83. The van der Waals surface area contributed by atoms with Crippen molar-refractivity contribution in [3.05, 3.63) is 0 Å². The summed E-state index contributed by atoms with van der Waals surface area (Å²) in [5, 5.41) is 7.62. The molecule has 0 heterocycles. The molecule has 8 heavy (non-hydrogen) atoms. The van der Waals surface area contributed by atoms with Gasteiger partial charge in [0.15, 0.2) is 0 Å². The zero-order valence-corrected chi connectivity index (χ0v) is 6.07. The van der Waals surface area contributed by atoms with Crippen LogP contribution in [-0.2, 0) is 0 Å². The molecule has 0 saturated heterocycles. The first-order valence-corrected chi connectivity index (χ1v) is 3.20. The second-order valence-electron chi connectivity index (χ2n) is 1.51. The Hall–Kier alpha value is -0.510. The predicted octanol–water partition coefficient (Wildman–Crippen LogP) is 2.73. The molecule has 48 valence electrons. The summed E-state index contributed by atoms with van der Waals surface area (Å²) in [7, 11) is 0. The molecule has 0 aromatic rings. The Bertz CT molecular complexity index is 49.9. The molecule has 0 aliphatic rings. The maximum atomic E-state index is 7.62. The van der Waals surface area contributed by atoms with Crippen molar-refractivity contribution in [2.45, 2.75) is 40.0 Å². The van der Waals surface area contributed by atoms with Gasteiger partial charge in [0.05, 0.1) is 6.07 Å². The maximum Gasteiger partial charge on any atom is 0.0618 e. The molecule has 0 unspecified atom stereocenters. The van der Waals surface area contributed by atoms with Gasteiger partial charge in [-0.05, 0) is 0 Å². The number of unbranched alkanes of at least 4 members (excludes halogenated alkanes) is 1. The summed E-state index contributed by atoms with van der Waals surface area (Å²) in [4.78, 5) is 0. The van der Waals surface area contributed by atoms with Gasteiger partial charge in [-0.2, -0.15) is 5.26 Å². The van der Waals surface area contributed by atoms with E-state index in [0.717, 1.165) is 0 Å². The van der Waals surface area contributed by atoms with E-state index in [4.69, 9.17) is 5.26 Å². The van der Waals surface area contributed by atoms with Crippen LogP contribution in [0.3, 0.4) is 0 Å². The van der Waals surface area contributed by atoms with Crippen LogP contribution >= 0.6 is 0 Å². The van der Waals surface area contributed by atoms with Gasteiger partial charge in [-0.15, -0.1) is 0 Å². The van der Waals surface area contributed by atoms with Crippen LogP contribution in [0.2, 0.25) is 0 Å². The van der Waals surface area contributed by atoms with Crippen molar-refractivity contribution >= 4 is 0 Å². The summed E-state index contributed by atoms with van der Waals surface area (Å²) in [5.41, 5.74) is 0. The second-order valence-corrected chi connectivity index (χ2v) is 1.51. The first-order chi connectivity index (χ1) is 3.83. The van der Waals surface area contributed by atoms with E-state index in [9.17, 15) is 0 Å². The Balaban J connectivity index is 0. The summed E-state index contributed by atoms with van der Waals surface area (Å²) in [5.74, 6) is 0. The molecule has 0 saturated carbocycles. The Morgan fingerprint density at radius 2 is 1.38 bits per heavy atom. The standard InChI is InChI=1S/C4H10.C3H5N/c1-3-4-2;1-2-3-4/h3-4H2,1-2H3;2H2,1H3. The van der Waals surface area contributed by atoms with E-state index in [1.54, 1.807) is 0 Å². The minimum absolute atomic E-state index is 0.625. The fourth-order valence-electron chi connectivity index (χ4n) is 0. The maximum absolute atomic E-state index is 7.62. The van der Waals surface area contributed by atoms with E-state index < -0.39 is 0 Å². The van der Waals surface area contributed by atoms with Crippen LogP contribution in [0, 0.1) is 11.3 Å². The molecule has 0 aromatic carbocycles. The number of nitrogens with zero attached hydrogens (tertiary/aromatic N) is 1. The largest absolute Gasteiger partial charge is 0.198 e. The van der Waals surface area contributed by atoms with Crippen LogP contribution < -0.4 is 0 Å². The van der Waals surface area contributed by atoms with Gasteiger partial charge >= 0.3 is 0 Å². The van der Waals surface area contributed by atoms with E-state index >= 15 is 0 Å². The van der Waals surface area contributed by atoms with Crippen molar-refractivity contribution in [2.24, 2.45) is 0 Å². The average Bonchev–Trinajstić information content (AvgIpc) is 1.88. The summed E-state index contributed by atoms with van der Waals surface area (Å²) in [6.07, 6.45) is 3.26. The van der Waals surface area contributed by atoms with E-state index in [0.29, 0.717) is 6.42 Å². The fourth-order valence-corrected chi connectivity index (χ4v) is 0. The Morgan fingerprint density at radius 1 is 1.12 bits per heavy atom. The highest BCUT2D eigenvalue weighted by Crippen LogP contribution is 1.76. The summed E-state index contributed by atoms with van der Waals surface area (Å²) < 4.78 is 0. The molecule has 1 heteroatoms. The van der Waals surface area contributed by atoms with Gasteiger partial charge in [0.2, 0.25) is 0 Å². The average molecular weight is 113 g/mol. The second kappa shape index (κ2) is 16.1. The molecule has 0 aliphatic carbocycles. The van der Waals surface area contributed by atoms with Gasteiger partial charge in [-0.25, -0.2) is 0 Å². The quantitative estimate of drug-likeness (QED) is 0.513. The smallest absolute Gasteiger partial charge is 0.0618 e. The molecule has 0 fully saturated rings. The summed E-state index contributed by atoms with van der Waals surface area (Å²) in [6.45, 7) is 6.18. The van der Waals surface area contributed by atoms with Crippen molar-refractivity contribution in [2.75, 3.05) is 0 Å². The van der Waals surface area contributed by atoms with Gasteiger partial charge in [0.1, 0.15) is 0 Å². The van der Waals surface area contributed by atoms with Crippen LogP contribution in [0.5, 0.6) is 0 Å². The highest BCUT2D eigenvalue weighted by atomic mass is 14.2. The number of nitriles is 1. The molecular weight excluding hydrogens is 98.1 g/mol. The Kier molecular flexibility index (Phi) is 21.0. The molecule has 0 rings (SSSR count). The molecular formula is C7H15N. The highest BCUT2D eigenvalue weighted by Gasteiger charge is 1.56. The lowest BCUT2D eigenvalue weighted by Crippen LogP contribution is -1.47. The highest BCUT2D eigenvalue weighted by molar-refractivity contribution is 4.61. The lowest BCUT2D eigenvalue weighted by atomic mass is 10.4. The molecule has 0 aromatic heterocycles. The molecule has 0 atom stereocenters. The van der Waals surface area contributed by atoms with Crippen molar-refractivity contribution < 1.29 is 0 Å². The van der Waals surface area contributed by atoms with Crippen molar-refractivity contribution in [1.82, 2.24) is 0 Å².